The summed E-state index contributed by atoms with van der Waals surface area (Å²) in [7, 11) is 0. The highest BCUT2D eigenvalue weighted by molar-refractivity contribution is 5.88. The highest BCUT2D eigenvalue weighted by Gasteiger charge is 2.13. The molecule has 0 aliphatic carbocycles. The van der Waals surface area contributed by atoms with Crippen LogP contribution in [0.1, 0.15) is 5.56 Å². The van der Waals surface area contributed by atoms with Gasteiger partial charge in [0.1, 0.15) is 28.7 Å². The first kappa shape index (κ1) is 12.3. The van der Waals surface area contributed by atoms with Crippen LogP contribution in [-0.4, -0.2) is 10.2 Å². The van der Waals surface area contributed by atoms with Crippen LogP contribution >= 0.6 is 0 Å². The molecule has 0 radical (unpaired) electrons. The number of fused-ring (bicyclic) bond motifs is 1. The molecule has 3 aromatic rings. The number of aryl methyl sites for hydroxylation is 1. The van der Waals surface area contributed by atoms with Gasteiger partial charge in [0.2, 0.25) is 5.43 Å². The molecule has 0 aliphatic heterocycles. The molecule has 20 heavy (non-hydrogen) atoms. The third-order valence-corrected chi connectivity index (χ3v) is 3.28. The molecule has 2 N–H and O–H groups in total. The number of rotatable bonds is 1. The molecule has 4 heteroatoms. The average molecular weight is 268 g/mol. The van der Waals surface area contributed by atoms with Crippen LogP contribution in [0.3, 0.4) is 0 Å². The van der Waals surface area contributed by atoms with E-state index in [1.807, 2.05) is 6.92 Å². The van der Waals surface area contributed by atoms with E-state index >= 15 is 0 Å². The molecular formula is C16H12O4. The van der Waals surface area contributed by atoms with Gasteiger partial charge in [0, 0.05) is 0 Å². The van der Waals surface area contributed by atoms with Gasteiger partial charge < -0.3 is 14.6 Å². The van der Waals surface area contributed by atoms with Gasteiger partial charge in [0.15, 0.2) is 0 Å². The van der Waals surface area contributed by atoms with Crippen molar-refractivity contribution < 1.29 is 14.6 Å². The standard InChI is InChI=1S/C16H12O4/c1-9-2-7-13(18)14-15(19)12(8-20-16(9)14)10-3-5-11(17)6-4-10/h2-8,17-18H,1H3. The summed E-state index contributed by atoms with van der Waals surface area (Å²) >= 11 is 0. The van der Waals surface area contributed by atoms with Gasteiger partial charge in [-0.15, -0.1) is 0 Å². The number of hydrogen-bond donors (Lipinski definition) is 2. The minimum Gasteiger partial charge on any atom is -0.508 e. The van der Waals surface area contributed by atoms with Crippen LogP contribution in [0.25, 0.3) is 22.1 Å². The summed E-state index contributed by atoms with van der Waals surface area (Å²) in [6.45, 7) is 1.81. The second-order valence-corrected chi connectivity index (χ2v) is 4.63. The van der Waals surface area contributed by atoms with E-state index < -0.39 is 0 Å². The fourth-order valence-corrected chi connectivity index (χ4v) is 2.19. The maximum absolute atomic E-state index is 12.5. The lowest BCUT2D eigenvalue weighted by Crippen LogP contribution is -2.05. The monoisotopic (exact) mass is 268 g/mol. The van der Waals surface area contributed by atoms with Crippen molar-refractivity contribution >= 4 is 11.0 Å². The molecule has 2 aromatic carbocycles. The molecule has 1 aromatic heterocycles. The Balaban J connectivity index is 2.34. The van der Waals surface area contributed by atoms with E-state index in [9.17, 15) is 15.0 Å². The second-order valence-electron chi connectivity index (χ2n) is 4.63. The van der Waals surface area contributed by atoms with Gasteiger partial charge in [-0.05, 0) is 36.2 Å². The highest BCUT2D eigenvalue weighted by atomic mass is 16.3. The van der Waals surface area contributed by atoms with Gasteiger partial charge in [0.25, 0.3) is 0 Å². The lowest BCUT2D eigenvalue weighted by Gasteiger charge is -2.06. The molecule has 1 heterocycles. The molecule has 4 nitrogen and oxygen atoms in total. The minimum absolute atomic E-state index is 0.0972. The van der Waals surface area contributed by atoms with Crippen LogP contribution in [-0.2, 0) is 0 Å². The molecule has 0 saturated carbocycles. The molecule has 0 unspecified atom stereocenters. The van der Waals surface area contributed by atoms with Gasteiger partial charge in [0.05, 0.1) is 5.56 Å². The first-order valence-electron chi connectivity index (χ1n) is 6.11. The Morgan fingerprint density at radius 3 is 2.40 bits per heavy atom. The third kappa shape index (κ3) is 1.82. The third-order valence-electron chi connectivity index (χ3n) is 3.28. The number of hydrogen-bond acceptors (Lipinski definition) is 4. The van der Waals surface area contributed by atoms with Crippen molar-refractivity contribution in [2.75, 3.05) is 0 Å². The van der Waals surface area contributed by atoms with Crippen molar-refractivity contribution in [1.29, 1.82) is 0 Å². The average Bonchev–Trinajstić information content (AvgIpc) is 2.44. The number of phenols is 2. The van der Waals surface area contributed by atoms with Crippen molar-refractivity contribution in [2.24, 2.45) is 0 Å². The van der Waals surface area contributed by atoms with Crippen molar-refractivity contribution in [1.82, 2.24) is 0 Å². The topological polar surface area (TPSA) is 70.7 Å². The lowest BCUT2D eigenvalue weighted by atomic mass is 10.0. The molecule has 0 fully saturated rings. The SMILES string of the molecule is Cc1ccc(O)c2c(=O)c(-c3ccc(O)cc3)coc12. The van der Waals surface area contributed by atoms with Gasteiger partial charge in [-0.1, -0.05) is 18.2 Å². The van der Waals surface area contributed by atoms with Gasteiger partial charge in [-0.25, -0.2) is 0 Å². The Kier molecular flexibility index (Phi) is 2.71. The summed E-state index contributed by atoms with van der Waals surface area (Å²) < 4.78 is 5.50. The number of aromatic hydroxyl groups is 2. The fraction of sp³-hybridized carbons (Fsp3) is 0.0625. The van der Waals surface area contributed by atoms with Crippen LogP contribution in [0.4, 0.5) is 0 Å². The summed E-state index contributed by atoms with van der Waals surface area (Å²) in [4.78, 5) is 12.5. The summed E-state index contributed by atoms with van der Waals surface area (Å²) in [5.41, 5.74) is 1.85. The smallest absolute Gasteiger partial charge is 0.204 e. The maximum atomic E-state index is 12.5. The van der Waals surface area contributed by atoms with E-state index in [4.69, 9.17) is 4.42 Å². The maximum Gasteiger partial charge on any atom is 0.204 e. The Hall–Kier alpha value is -2.75. The normalized spacial score (nSPS) is 10.8. The lowest BCUT2D eigenvalue weighted by molar-refractivity contribution is 0.475. The van der Waals surface area contributed by atoms with Crippen LogP contribution in [0.5, 0.6) is 11.5 Å². The molecule has 0 aliphatic rings. The molecule has 0 bridgehead atoms. The van der Waals surface area contributed by atoms with Crippen molar-refractivity contribution in [3.8, 4) is 22.6 Å². The summed E-state index contributed by atoms with van der Waals surface area (Å²) in [5, 5.41) is 19.4. The zero-order valence-corrected chi connectivity index (χ0v) is 10.8. The zero-order chi connectivity index (χ0) is 14.3. The summed E-state index contributed by atoms with van der Waals surface area (Å²) in [6.07, 6.45) is 1.38. The first-order valence-corrected chi connectivity index (χ1v) is 6.11. The van der Waals surface area contributed by atoms with E-state index in [2.05, 4.69) is 0 Å². The Labute approximate surface area is 114 Å². The summed E-state index contributed by atoms with van der Waals surface area (Å²) in [5.74, 6) is 0.0256. The molecule has 0 amide bonds. The quantitative estimate of drug-likeness (QED) is 0.711. The molecule has 0 saturated heterocycles. The van der Waals surface area contributed by atoms with Crippen molar-refractivity contribution in [3.63, 3.8) is 0 Å². The van der Waals surface area contributed by atoms with Crippen molar-refractivity contribution in [2.45, 2.75) is 6.92 Å². The molecular weight excluding hydrogens is 256 g/mol. The van der Waals surface area contributed by atoms with E-state index in [1.165, 1.54) is 24.5 Å². The number of benzene rings is 2. The van der Waals surface area contributed by atoms with Gasteiger partial charge >= 0.3 is 0 Å². The molecule has 3 rings (SSSR count). The zero-order valence-electron chi connectivity index (χ0n) is 10.8. The Morgan fingerprint density at radius 1 is 1.00 bits per heavy atom. The summed E-state index contributed by atoms with van der Waals surface area (Å²) in [6, 6.07) is 9.42. The van der Waals surface area contributed by atoms with Crippen LogP contribution in [0.15, 0.2) is 51.9 Å². The molecule has 0 spiro atoms. The number of phenolic OH excluding ortho intramolecular Hbond substituents is 2. The van der Waals surface area contributed by atoms with Crippen LogP contribution < -0.4 is 5.43 Å². The largest absolute Gasteiger partial charge is 0.508 e. The van der Waals surface area contributed by atoms with E-state index in [-0.39, 0.29) is 22.3 Å². The van der Waals surface area contributed by atoms with Crippen LogP contribution in [0.2, 0.25) is 0 Å². The van der Waals surface area contributed by atoms with Gasteiger partial charge in [-0.3, -0.25) is 4.79 Å². The predicted molar refractivity (Wildman–Crippen MR) is 76.0 cm³/mol. The predicted octanol–water partition coefficient (Wildman–Crippen LogP) is 3.18. The van der Waals surface area contributed by atoms with E-state index in [0.29, 0.717) is 16.7 Å². The van der Waals surface area contributed by atoms with E-state index in [1.54, 1.807) is 18.2 Å². The molecule has 100 valence electrons. The van der Waals surface area contributed by atoms with E-state index in [0.717, 1.165) is 5.56 Å². The Morgan fingerprint density at radius 2 is 1.70 bits per heavy atom. The van der Waals surface area contributed by atoms with Gasteiger partial charge in [-0.2, -0.15) is 0 Å². The highest BCUT2D eigenvalue weighted by Crippen LogP contribution is 2.28. The Bertz CT molecular complexity index is 845. The fourth-order valence-electron chi connectivity index (χ4n) is 2.19. The van der Waals surface area contributed by atoms with Crippen molar-refractivity contribution in [3.05, 3.63) is 58.4 Å². The second kappa shape index (κ2) is 4.42. The minimum atomic E-state index is -0.293. The first-order chi connectivity index (χ1) is 9.58. The van der Waals surface area contributed by atoms with Crippen LogP contribution in [0, 0.1) is 6.92 Å². The molecule has 0 atom stereocenters.